The van der Waals surface area contributed by atoms with Crippen LogP contribution in [0.25, 0.3) is 11.1 Å². The molecule has 1 aromatic carbocycles. The molecule has 0 spiro atoms. The second-order valence-corrected chi connectivity index (χ2v) is 7.27. The summed E-state index contributed by atoms with van der Waals surface area (Å²) in [7, 11) is 0. The lowest BCUT2D eigenvalue weighted by atomic mass is 9.89. The van der Waals surface area contributed by atoms with Gasteiger partial charge in [0.25, 0.3) is 5.91 Å². The maximum Gasteiger partial charge on any atom is 0.282 e. The fraction of sp³-hybridized carbons (Fsp3) is 0.368. The Labute approximate surface area is 141 Å². The highest BCUT2D eigenvalue weighted by Gasteiger charge is 2.17. The number of hydrogen-bond acceptors (Lipinski definition) is 3. The molecule has 3 rings (SSSR count). The van der Waals surface area contributed by atoms with Crippen LogP contribution >= 0.6 is 11.3 Å². The zero-order valence-electron chi connectivity index (χ0n) is 13.6. The third kappa shape index (κ3) is 3.88. The SMILES string of the molecule is Cc1ccc(-c2ccsc2C(=O)N/N=C2\CCC[C@H](C)C2)cc1. The first-order chi connectivity index (χ1) is 11.1. The topological polar surface area (TPSA) is 41.5 Å². The van der Waals surface area contributed by atoms with Crippen molar-refractivity contribution in [3.63, 3.8) is 0 Å². The molecule has 120 valence electrons. The van der Waals surface area contributed by atoms with Crippen LogP contribution in [0.15, 0.2) is 40.8 Å². The van der Waals surface area contributed by atoms with Gasteiger partial charge in [-0.3, -0.25) is 4.79 Å². The van der Waals surface area contributed by atoms with Crippen LogP contribution in [0, 0.1) is 12.8 Å². The summed E-state index contributed by atoms with van der Waals surface area (Å²) in [5.41, 5.74) is 7.14. The predicted octanol–water partition coefficient (Wildman–Crippen LogP) is 5.02. The summed E-state index contributed by atoms with van der Waals surface area (Å²) in [4.78, 5) is 13.2. The van der Waals surface area contributed by atoms with Gasteiger partial charge in [0.2, 0.25) is 0 Å². The minimum atomic E-state index is -0.110. The number of carbonyl (C=O) groups excluding carboxylic acids is 1. The van der Waals surface area contributed by atoms with Crippen LogP contribution in [-0.4, -0.2) is 11.6 Å². The molecular weight excluding hydrogens is 304 g/mol. The fourth-order valence-electron chi connectivity index (χ4n) is 2.99. The van der Waals surface area contributed by atoms with E-state index in [0.29, 0.717) is 5.92 Å². The van der Waals surface area contributed by atoms with E-state index in [4.69, 9.17) is 0 Å². The molecule has 23 heavy (non-hydrogen) atoms. The quantitative estimate of drug-likeness (QED) is 0.791. The average molecular weight is 326 g/mol. The van der Waals surface area contributed by atoms with E-state index in [1.165, 1.54) is 29.7 Å². The lowest BCUT2D eigenvalue weighted by Crippen LogP contribution is -2.22. The molecule has 3 nitrogen and oxygen atoms in total. The van der Waals surface area contributed by atoms with Gasteiger partial charge >= 0.3 is 0 Å². The van der Waals surface area contributed by atoms with Crippen molar-refractivity contribution < 1.29 is 4.79 Å². The number of rotatable bonds is 3. The summed E-state index contributed by atoms with van der Waals surface area (Å²) in [5.74, 6) is 0.561. The van der Waals surface area contributed by atoms with Crippen LogP contribution in [-0.2, 0) is 0 Å². The van der Waals surface area contributed by atoms with Crippen LogP contribution in [0.2, 0.25) is 0 Å². The van der Waals surface area contributed by atoms with E-state index in [0.717, 1.165) is 34.6 Å². The van der Waals surface area contributed by atoms with Crippen molar-refractivity contribution in [2.45, 2.75) is 39.5 Å². The van der Waals surface area contributed by atoms with E-state index in [9.17, 15) is 4.79 Å². The van der Waals surface area contributed by atoms with Gasteiger partial charge in [-0.15, -0.1) is 11.3 Å². The Balaban J connectivity index is 1.75. The van der Waals surface area contributed by atoms with Gasteiger partial charge in [0.05, 0.1) is 0 Å². The van der Waals surface area contributed by atoms with Crippen LogP contribution < -0.4 is 5.43 Å². The summed E-state index contributed by atoms with van der Waals surface area (Å²) in [6.45, 7) is 4.30. The number of aryl methyl sites for hydroxylation is 1. The smallest absolute Gasteiger partial charge is 0.266 e. The maximum atomic E-state index is 12.5. The van der Waals surface area contributed by atoms with Gasteiger partial charge in [-0.2, -0.15) is 5.10 Å². The first-order valence-electron chi connectivity index (χ1n) is 8.14. The zero-order valence-corrected chi connectivity index (χ0v) is 14.5. The maximum absolute atomic E-state index is 12.5. The summed E-state index contributed by atoms with van der Waals surface area (Å²) >= 11 is 1.46. The number of hydrazone groups is 1. The summed E-state index contributed by atoms with van der Waals surface area (Å²) in [5, 5.41) is 6.32. The molecule has 1 amide bonds. The van der Waals surface area contributed by atoms with E-state index in [-0.39, 0.29) is 5.91 Å². The standard InChI is InChI=1S/C19H22N2OS/c1-13-6-8-15(9-7-13)17-10-11-23-18(17)19(22)21-20-16-5-3-4-14(2)12-16/h6-11,14H,3-5,12H2,1-2H3,(H,21,22)/b20-16+/t14-/m0/s1. The second-order valence-electron chi connectivity index (χ2n) is 6.35. The number of benzene rings is 1. The highest BCUT2D eigenvalue weighted by atomic mass is 32.1. The van der Waals surface area contributed by atoms with Gasteiger partial charge in [-0.05, 0) is 55.5 Å². The monoisotopic (exact) mass is 326 g/mol. The van der Waals surface area contributed by atoms with E-state index < -0.39 is 0 Å². The molecule has 1 aliphatic rings. The summed E-state index contributed by atoms with van der Waals surface area (Å²) < 4.78 is 0. The van der Waals surface area contributed by atoms with Crippen molar-refractivity contribution >= 4 is 23.0 Å². The van der Waals surface area contributed by atoms with E-state index in [1.54, 1.807) is 0 Å². The molecule has 1 aromatic heterocycles. The number of nitrogens with one attached hydrogen (secondary N) is 1. The van der Waals surface area contributed by atoms with Crippen molar-refractivity contribution in [3.8, 4) is 11.1 Å². The van der Waals surface area contributed by atoms with Gasteiger partial charge < -0.3 is 0 Å². The Hall–Kier alpha value is -1.94. The molecule has 1 atom stereocenters. The predicted molar refractivity (Wildman–Crippen MR) is 97.0 cm³/mol. The average Bonchev–Trinajstić information content (AvgIpc) is 3.03. The molecule has 0 saturated heterocycles. The molecule has 1 heterocycles. The molecule has 0 radical (unpaired) electrons. The van der Waals surface area contributed by atoms with Gasteiger partial charge in [0.15, 0.2) is 0 Å². The largest absolute Gasteiger partial charge is 0.282 e. The minimum absolute atomic E-state index is 0.110. The van der Waals surface area contributed by atoms with Crippen molar-refractivity contribution in [3.05, 3.63) is 46.2 Å². The van der Waals surface area contributed by atoms with E-state index in [1.807, 2.05) is 11.4 Å². The van der Waals surface area contributed by atoms with Crippen LogP contribution in [0.5, 0.6) is 0 Å². The summed E-state index contributed by atoms with van der Waals surface area (Å²) in [6, 6.07) is 10.3. The molecular formula is C19H22N2OS. The third-order valence-corrected chi connectivity index (χ3v) is 5.21. The first kappa shape index (κ1) is 15.9. The first-order valence-corrected chi connectivity index (χ1v) is 9.02. The molecule has 4 heteroatoms. The molecule has 1 saturated carbocycles. The number of carbonyl (C=O) groups is 1. The normalized spacial score (nSPS) is 19.7. The molecule has 1 fully saturated rings. The highest BCUT2D eigenvalue weighted by molar-refractivity contribution is 7.12. The van der Waals surface area contributed by atoms with Gasteiger partial charge in [0.1, 0.15) is 4.88 Å². The van der Waals surface area contributed by atoms with E-state index >= 15 is 0 Å². The lowest BCUT2D eigenvalue weighted by molar-refractivity contribution is 0.0959. The fourth-order valence-corrected chi connectivity index (χ4v) is 3.79. The van der Waals surface area contributed by atoms with E-state index in [2.05, 4.69) is 48.6 Å². The Morgan fingerprint density at radius 1 is 1.26 bits per heavy atom. The second kappa shape index (κ2) is 7.09. The highest BCUT2D eigenvalue weighted by Crippen LogP contribution is 2.28. The Bertz CT molecular complexity index is 715. The number of thiophene rings is 1. The Morgan fingerprint density at radius 3 is 2.78 bits per heavy atom. The summed E-state index contributed by atoms with van der Waals surface area (Å²) in [6.07, 6.45) is 4.42. The van der Waals surface area contributed by atoms with Gasteiger partial charge in [-0.25, -0.2) is 5.43 Å². The van der Waals surface area contributed by atoms with Crippen LogP contribution in [0.4, 0.5) is 0 Å². The van der Waals surface area contributed by atoms with Crippen molar-refractivity contribution in [2.24, 2.45) is 11.0 Å². The van der Waals surface area contributed by atoms with Crippen molar-refractivity contribution in [2.75, 3.05) is 0 Å². The Kier molecular flexibility index (Phi) is 4.91. The molecule has 0 unspecified atom stereocenters. The van der Waals surface area contributed by atoms with Crippen molar-refractivity contribution in [1.82, 2.24) is 5.43 Å². The van der Waals surface area contributed by atoms with Gasteiger partial charge in [0, 0.05) is 11.3 Å². The third-order valence-electron chi connectivity index (χ3n) is 4.30. The zero-order chi connectivity index (χ0) is 16.2. The molecule has 0 bridgehead atoms. The number of amides is 1. The van der Waals surface area contributed by atoms with Crippen LogP contribution in [0.1, 0.15) is 47.8 Å². The Morgan fingerprint density at radius 2 is 2.04 bits per heavy atom. The lowest BCUT2D eigenvalue weighted by Gasteiger charge is -2.18. The van der Waals surface area contributed by atoms with Crippen molar-refractivity contribution in [1.29, 1.82) is 0 Å². The molecule has 1 N–H and O–H groups in total. The molecule has 0 aliphatic heterocycles. The molecule has 1 aliphatic carbocycles. The number of nitrogens with zero attached hydrogens (tertiary/aromatic N) is 1. The van der Waals surface area contributed by atoms with Gasteiger partial charge in [-0.1, -0.05) is 36.8 Å². The minimum Gasteiger partial charge on any atom is -0.266 e. The number of hydrogen-bond donors (Lipinski definition) is 1. The molecule has 2 aromatic rings. The van der Waals surface area contributed by atoms with Crippen LogP contribution in [0.3, 0.4) is 0 Å².